The number of anilines is 1. The Labute approximate surface area is 119 Å². The second-order valence-electron chi connectivity index (χ2n) is 3.66. The van der Waals surface area contributed by atoms with Crippen LogP contribution in [0.4, 0.5) is 10.1 Å². The second-order valence-corrected chi connectivity index (χ2v) is 6.74. The number of rotatable bonds is 4. The fourth-order valence-electron chi connectivity index (χ4n) is 1.40. The number of nitrogens with two attached hydrogens (primary N) is 1. The predicted octanol–water partition coefficient (Wildman–Crippen LogP) is 2.80. The van der Waals surface area contributed by atoms with E-state index in [1.807, 2.05) is 0 Å². The van der Waals surface area contributed by atoms with Crippen molar-refractivity contribution in [1.82, 2.24) is 0 Å². The topological polar surface area (TPSA) is 72.2 Å². The van der Waals surface area contributed by atoms with Gasteiger partial charge < -0.3 is 5.73 Å². The van der Waals surface area contributed by atoms with E-state index in [-0.39, 0.29) is 22.2 Å². The van der Waals surface area contributed by atoms with E-state index in [1.54, 1.807) is 0 Å². The molecule has 102 valence electrons. The molecule has 0 unspecified atom stereocenters. The molecule has 2 rings (SSSR count). The van der Waals surface area contributed by atoms with Crippen molar-refractivity contribution in [3.63, 3.8) is 0 Å². The molecule has 2 aromatic rings. The Morgan fingerprint density at radius 2 is 2.16 bits per heavy atom. The zero-order chi connectivity index (χ0) is 14.0. The van der Waals surface area contributed by atoms with Crippen LogP contribution in [0.1, 0.15) is 4.88 Å². The fraction of sp³-hybridized carbons (Fsp3) is 0.0909. The Morgan fingerprint density at radius 1 is 1.42 bits per heavy atom. The van der Waals surface area contributed by atoms with Crippen molar-refractivity contribution in [2.45, 2.75) is 11.4 Å². The summed E-state index contributed by atoms with van der Waals surface area (Å²) in [4.78, 5) is 0.761. The molecule has 0 amide bonds. The summed E-state index contributed by atoms with van der Waals surface area (Å²) < 4.78 is 39.8. The molecule has 0 fully saturated rings. The molecular formula is C11H10ClFN2O2S2. The van der Waals surface area contributed by atoms with Crippen LogP contribution in [0.15, 0.2) is 34.5 Å². The number of sulfonamides is 1. The lowest BCUT2D eigenvalue weighted by molar-refractivity contribution is 0.599. The van der Waals surface area contributed by atoms with Gasteiger partial charge in [0.15, 0.2) is 0 Å². The molecular weight excluding hydrogens is 311 g/mol. The van der Waals surface area contributed by atoms with Crippen LogP contribution in [0.2, 0.25) is 5.02 Å². The summed E-state index contributed by atoms with van der Waals surface area (Å²) in [5.41, 5.74) is 5.16. The van der Waals surface area contributed by atoms with Crippen LogP contribution in [0.3, 0.4) is 0 Å². The minimum Gasteiger partial charge on any atom is -0.326 e. The fourth-order valence-corrected chi connectivity index (χ4v) is 3.91. The molecule has 0 aliphatic rings. The van der Waals surface area contributed by atoms with E-state index in [0.29, 0.717) is 0 Å². The third kappa shape index (κ3) is 3.06. The largest absolute Gasteiger partial charge is 0.326 e. The van der Waals surface area contributed by atoms with Crippen molar-refractivity contribution < 1.29 is 12.8 Å². The van der Waals surface area contributed by atoms with Gasteiger partial charge in [0, 0.05) is 16.8 Å². The molecule has 0 atom stereocenters. The molecule has 19 heavy (non-hydrogen) atoms. The minimum atomic E-state index is -3.87. The summed E-state index contributed by atoms with van der Waals surface area (Å²) in [6.07, 6.45) is 0. The van der Waals surface area contributed by atoms with Crippen molar-refractivity contribution in [3.05, 3.63) is 45.4 Å². The first kappa shape index (κ1) is 14.3. The maximum atomic E-state index is 13.5. The zero-order valence-corrected chi connectivity index (χ0v) is 11.9. The molecule has 0 bridgehead atoms. The van der Waals surface area contributed by atoms with E-state index in [2.05, 4.69) is 4.72 Å². The van der Waals surface area contributed by atoms with E-state index < -0.39 is 15.8 Å². The van der Waals surface area contributed by atoms with Crippen LogP contribution in [-0.4, -0.2) is 8.42 Å². The Balaban J connectivity index is 2.36. The van der Waals surface area contributed by atoms with E-state index in [1.165, 1.54) is 34.9 Å². The molecule has 0 saturated carbocycles. The average molecular weight is 321 g/mol. The Bertz CT molecular complexity index is 680. The molecule has 1 heterocycles. The van der Waals surface area contributed by atoms with Gasteiger partial charge in [0.2, 0.25) is 0 Å². The smallest absolute Gasteiger partial charge is 0.262 e. The van der Waals surface area contributed by atoms with Gasteiger partial charge in [-0.05, 0) is 18.2 Å². The van der Waals surface area contributed by atoms with E-state index in [4.69, 9.17) is 17.3 Å². The first-order valence-corrected chi connectivity index (χ1v) is 7.92. The molecule has 0 saturated heterocycles. The van der Waals surface area contributed by atoms with Gasteiger partial charge in [-0.1, -0.05) is 17.7 Å². The van der Waals surface area contributed by atoms with Gasteiger partial charge in [-0.15, -0.1) is 11.3 Å². The number of benzene rings is 1. The third-order valence-corrected chi connectivity index (χ3v) is 5.09. The highest BCUT2D eigenvalue weighted by Gasteiger charge is 2.19. The van der Waals surface area contributed by atoms with Crippen molar-refractivity contribution in [1.29, 1.82) is 0 Å². The highest BCUT2D eigenvalue weighted by atomic mass is 35.5. The predicted molar refractivity (Wildman–Crippen MR) is 74.4 cm³/mol. The average Bonchev–Trinajstić information content (AvgIpc) is 2.83. The normalized spacial score (nSPS) is 11.5. The number of thiophene rings is 1. The molecule has 4 nitrogen and oxygen atoms in total. The lowest BCUT2D eigenvalue weighted by Crippen LogP contribution is -2.13. The standard InChI is InChI=1S/C11H10ClFN2O2S2/c12-9-2-1-3-10(13)11(9)15-19(16,17)8-4-7(5-14)18-6-8/h1-4,6,15H,5,14H2. The van der Waals surface area contributed by atoms with Gasteiger partial charge in [-0.2, -0.15) is 0 Å². The first-order valence-electron chi connectivity index (χ1n) is 5.18. The van der Waals surface area contributed by atoms with Crippen LogP contribution < -0.4 is 10.5 Å². The number of hydrogen-bond acceptors (Lipinski definition) is 4. The van der Waals surface area contributed by atoms with E-state index in [9.17, 15) is 12.8 Å². The van der Waals surface area contributed by atoms with Crippen LogP contribution in [0, 0.1) is 5.82 Å². The van der Waals surface area contributed by atoms with Crippen LogP contribution in [0.5, 0.6) is 0 Å². The Hall–Kier alpha value is -1.15. The van der Waals surface area contributed by atoms with Crippen LogP contribution in [-0.2, 0) is 16.6 Å². The molecule has 0 radical (unpaired) electrons. The summed E-state index contributed by atoms with van der Waals surface area (Å²) >= 11 is 7.00. The van der Waals surface area contributed by atoms with Gasteiger partial charge in [-0.3, -0.25) is 4.72 Å². The minimum absolute atomic E-state index is 0.00199. The highest BCUT2D eigenvalue weighted by Crippen LogP contribution is 2.28. The lowest BCUT2D eigenvalue weighted by atomic mass is 10.3. The van der Waals surface area contributed by atoms with Crippen molar-refractivity contribution >= 4 is 38.6 Å². The molecule has 0 aliphatic carbocycles. The number of halogens is 2. The van der Waals surface area contributed by atoms with Crippen molar-refractivity contribution in [2.75, 3.05) is 4.72 Å². The van der Waals surface area contributed by atoms with Gasteiger partial charge in [0.1, 0.15) is 11.5 Å². The first-order chi connectivity index (χ1) is 8.94. The van der Waals surface area contributed by atoms with Crippen molar-refractivity contribution in [2.24, 2.45) is 5.73 Å². The quantitative estimate of drug-likeness (QED) is 0.910. The van der Waals surface area contributed by atoms with Gasteiger partial charge in [-0.25, -0.2) is 12.8 Å². The van der Waals surface area contributed by atoms with Crippen molar-refractivity contribution in [3.8, 4) is 0 Å². The Morgan fingerprint density at radius 3 is 2.74 bits per heavy atom. The molecule has 8 heteroatoms. The highest BCUT2D eigenvalue weighted by molar-refractivity contribution is 7.92. The summed E-state index contributed by atoms with van der Waals surface area (Å²) in [6, 6.07) is 5.37. The van der Waals surface area contributed by atoms with Crippen LogP contribution in [0.25, 0.3) is 0 Å². The van der Waals surface area contributed by atoms with E-state index in [0.717, 1.165) is 10.9 Å². The molecule has 0 aliphatic heterocycles. The summed E-state index contributed by atoms with van der Waals surface area (Å²) in [6.45, 7) is 0.251. The van der Waals surface area contributed by atoms with Gasteiger partial charge in [0.25, 0.3) is 10.0 Å². The van der Waals surface area contributed by atoms with Gasteiger partial charge in [0.05, 0.1) is 9.92 Å². The number of para-hydroxylation sites is 1. The third-order valence-electron chi connectivity index (χ3n) is 2.34. The number of nitrogens with one attached hydrogen (secondary N) is 1. The second kappa shape index (κ2) is 5.46. The zero-order valence-electron chi connectivity index (χ0n) is 9.56. The number of hydrogen-bond donors (Lipinski definition) is 2. The van der Waals surface area contributed by atoms with Gasteiger partial charge >= 0.3 is 0 Å². The Kier molecular flexibility index (Phi) is 4.10. The maximum Gasteiger partial charge on any atom is 0.262 e. The molecule has 0 spiro atoms. The molecule has 3 N–H and O–H groups in total. The van der Waals surface area contributed by atoms with Crippen LogP contribution >= 0.6 is 22.9 Å². The maximum absolute atomic E-state index is 13.5. The molecule has 1 aromatic heterocycles. The SMILES string of the molecule is NCc1cc(S(=O)(=O)Nc2c(F)cccc2Cl)cs1. The summed E-state index contributed by atoms with van der Waals surface area (Å²) in [7, 11) is -3.87. The molecule has 1 aromatic carbocycles. The summed E-state index contributed by atoms with van der Waals surface area (Å²) in [5, 5.41) is 1.44. The monoisotopic (exact) mass is 320 g/mol. The lowest BCUT2D eigenvalue weighted by Gasteiger charge is -2.09. The van der Waals surface area contributed by atoms with E-state index >= 15 is 0 Å². The summed E-state index contributed by atoms with van der Waals surface area (Å²) in [5.74, 6) is -0.731.